The van der Waals surface area contributed by atoms with E-state index in [2.05, 4.69) is 15.4 Å². The molecule has 1 fully saturated rings. The number of carbonyl (C=O) groups excluding carboxylic acids is 1. The Hall–Kier alpha value is -2.70. The maximum Gasteiger partial charge on any atom is 0.267 e. The van der Waals surface area contributed by atoms with Gasteiger partial charge in [-0.3, -0.25) is 9.59 Å². The van der Waals surface area contributed by atoms with Gasteiger partial charge in [0.25, 0.3) is 5.56 Å². The Labute approximate surface area is 140 Å². The third kappa shape index (κ3) is 3.29. The van der Waals surface area contributed by atoms with Crippen LogP contribution in [0.1, 0.15) is 30.1 Å². The fourth-order valence-corrected chi connectivity index (χ4v) is 3.09. The maximum atomic E-state index is 12.7. The molecule has 2 aromatic rings. The summed E-state index contributed by atoms with van der Waals surface area (Å²) in [5.74, 6) is 0.698. The van der Waals surface area contributed by atoms with Gasteiger partial charge in [0.05, 0.1) is 11.7 Å². The predicted octanol–water partition coefficient (Wildman–Crippen LogP) is 1.35. The van der Waals surface area contributed by atoms with Gasteiger partial charge in [-0.15, -0.1) is 0 Å². The molecular formula is C17H21N5O2. The highest BCUT2D eigenvalue weighted by atomic mass is 16.2. The van der Waals surface area contributed by atoms with Crippen LogP contribution < -0.4 is 10.9 Å². The molecule has 126 valence electrons. The zero-order chi connectivity index (χ0) is 17.1. The topological polar surface area (TPSA) is 80.1 Å². The summed E-state index contributed by atoms with van der Waals surface area (Å²) in [4.78, 5) is 30.6. The first-order chi connectivity index (χ1) is 11.6. The highest BCUT2D eigenvalue weighted by Gasteiger charge is 2.30. The van der Waals surface area contributed by atoms with Gasteiger partial charge in [0.2, 0.25) is 5.91 Å². The lowest BCUT2D eigenvalue weighted by Gasteiger charge is -2.25. The SMILES string of the molecule is CNc1cc(C2CCCN2C(=O)Cn2nc(C)ccc2=O)ccn1. The van der Waals surface area contributed by atoms with Crippen LogP contribution in [0.15, 0.2) is 35.3 Å². The van der Waals surface area contributed by atoms with Crippen LogP contribution in [0, 0.1) is 6.92 Å². The van der Waals surface area contributed by atoms with Gasteiger partial charge >= 0.3 is 0 Å². The van der Waals surface area contributed by atoms with Crippen molar-refractivity contribution < 1.29 is 4.79 Å². The zero-order valence-electron chi connectivity index (χ0n) is 13.9. The summed E-state index contributed by atoms with van der Waals surface area (Å²) in [5.41, 5.74) is 1.52. The van der Waals surface area contributed by atoms with Crippen molar-refractivity contribution in [3.63, 3.8) is 0 Å². The Morgan fingerprint density at radius 3 is 3.00 bits per heavy atom. The molecule has 3 heterocycles. The molecule has 1 saturated heterocycles. The van der Waals surface area contributed by atoms with Gasteiger partial charge in [-0.1, -0.05) is 0 Å². The number of hydrogen-bond donors (Lipinski definition) is 1. The fraction of sp³-hybridized carbons (Fsp3) is 0.412. The van der Waals surface area contributed by atoms with E-state index in [4.69, 9.17) is 0 Å². The van der Waals surface area contributed by atoms with E-state index in [0.29, 0.717) is 12.2 Å². The number of amides is 1. The molecule has 7 nitrogen and oxygen atoms in total. The maximum absolute atomic E-state index is 12.7. The number of aromatic nitrogens is 3. The number of pyridine rings is 1. The molecule has 2 aromatic heterocycles. The molecule has 0 radical (unpaired) electrons. The van der Waals surface area contributed by atoms with Gasteiger partial charge in [-0.05, 0) is 43.5 Å². The van der Waals surface area contributed by atoms with Gasteiger partial charge in [0.15, 0.2) is 0 Å². The minimum atomic E-state index is -0.258. The first kappa shape index (κ1) is 16.2. The molecule has 0 spiro atoms. The summed E-state index contributed by atoms with van der Waals surface area (Å²) in [5, 5.41) is 7.16. The van der Waals surface area contributed by atoms with Crippen molar-refractivity contribution in [3.05, 3.63) is 52.1 Å². The van der Waals surface area contributed by atoms with Crippen LogP contribution >= 0.6 is 0 Å². The van der Waals surface area contributed by atoms with Crippen LogP contribution in [0.2, 0.25) is 0 Å². The molecule has 0 saturated carbocycles. The summed E-state index contributed by atoms with van der Waals surface area (Å²) in [6.45, 7) is 2.47. The van der Waals surface area contributed by atoms with Crippen molar-refractivity contribution in [2.45, 2.75) is 32.4 Å². The number of likely N-dealkylation sites (tertiary alicyclic amines) is 1. The minimum Gasteiger partial charge on any atom is -0.373 e. The number of anilines is 1. The Bertz CT molecular complexity index is 802. The lowest BCUT2D eigenvalue weighted by molar-refractivity contribution is -0.133. The third-order valence-corrected chi connectivity index (χ3v) is 4.28. The third-order valence-electron chi connectivity index (χ3n) is 4.28. The molecule has 1 N–H and O–H groups in total. The number of carbonyl (C=O) groups is 1. The Morgan fingerprint density at radius 2 is 2.21 bits per heavy atom. The summed E-state index contributed by atoms with van der Waals surface area (Å²) in [6, 6.07) is 7.02. The van der Waals surface area contributed by atoms with Crippen LogP contribution in [0.25, 0.3) is 0 Å². The second kappa shape index (κ2) is 6.82. The van der Waals surface area contributed by atoms with Crippen molar-refractivity contribution >= 4 is 11.7 Å². The summed E-state index contributed by atoms with van der Waals surface area (Å²) in [7, 11) is 1.82. The van der Waals surface area contributed by atoms with Gasteiger partial charge in [0, 0.05) is 25.9 Å². The second-order valence-corrected chi connectivity index (χ2v) is 5.94. The molecule has 1 amide bonds. The summed E-state index contributed by atoms with van der Waals surface area (Å²) in [6.07, 6.45) is 3.60. The Morgan fingerprint density at radius 1 is 1.38 bits per heavy atom. The molecule has 1 aliphatic heterocycles. The molecule has 1 unspecified atom stereocenters. The van der Waals surface area contributed by atoms with Crippen LogP contribution in [-0.2, 0) is 11.3 Å². The standard InChI is InChI=1S/C17H21N5O2/c1-12-5-6-16(23)22(20-12)11-17(24)21-9-3-4-14(21)13-7-8-19-15(10-13)18-2/h5-8,10,14H,3-4,9,11H2,1-2H3,(H,18,19). The molecule has 0 aromatic carbocycles. The average Bonchev–Trinajstić information content (AvgIpc) is 3.08. The first-order valence-corrected chi connectivity index (χ1v) is 8.06. The summed E-state index contributed by atoms with van der Waals surface area (Å²) < 4.78 is 1.23. The van der Waals surface area contributed by atoms with E-state index in [1.807, 2.05) is 24.1 Å². The number of rotatable bonds is 4. The molecule has 7 heteroatoms. The van der Waals surface area contributed by atoms with E-state index < -0.39 is 0 Å². The number of aryl methyl sites for hydroxylation is 1. The van der Waals surface area contributed by atoms with Crippen LogP contribution in [0.5, 0.6) is 0 Å². The van der Waals surface area contributed by atoms with Crippen molar-refractivity contribution in [3.8, 4) is 0 Å². The van der Waals surface area contributed by atoms with Gasteiger partial charge < -0.3 is 10.2 Å². The van der Waals surface area contributed by atoms with Crippen LogP contribution in [-0.4, -0.2) is 39.2 Å². The summed E-state index contributed by atoms with van der Waals surface area (Å²) >= 11 is 0. The Balaban J connectivity index is 1.80. The first-order valence-electron chi connectivity index (χ1n) is 8.06. The number of nitrogens with zero attached hydrogens (tertiary/aromatic N) is 4. The minimum absolute atomic E-state index is 0.0214. The molecule has 24 heavy (non-hydrogen) atoms. The lowest BCUT2D eigenvalue weighted by Crippen LogP contribution is -2.37. The van der Waals surface area contributed by atoms with E-state index in [1.165, 1.54) is 10.7 Å². The van der Waals surface area contributed by atoms with Gasteiger partial charge in [-0.25, -0.2) is 9.67 Å². The molecule has 1 atom stereocenters. The monoisotopic (exact) mass is 327 g/mol. The normalized spacial score (nSPS) is 17.1. The Kier molecular flexibility index (Phi) is 4.59. The van der Waals surface area contributed by atoms with Crippen LogP contribution in [0.4, 0.5) is 5.82 Å². The number of hydrogen-bond acceptors (Lipinski definition) is 5. The molecule has 1 aliphatic rings. The second-order valence-electron chi connectivity index (χ2n) is 5.94. The molecule has 3 rings (SSSR count). The smallest absolute Gasteiger partial charge is 0.267 e. The van der Waals surface area contributed by atoms with Crippen molar-refractivity contribution in [2.24, 2.45) is 0 Å². The fourth-order valence-electron chi connectivity index (χ4n) is 3.09. The number of nitrogens with one attached hydrogen (secondary N) is 1. The van der Waals surface area contributed by atoms with E-state index in [9.17, 15) is 9.59 Å². The van der Waals surface area contributed by atoms with Crippen LogP contribution in [0.3, 0.4) is 0 Å². The van der Waals surface area contributed by atoms with E-state index in [0.717, 1.165) is 24.2 Å². The zero-order valence-corrected chi connectivity index (χ0v) is 13.9. The largest absolute Gasteiger partial charge is 0.373 e. The van der Waals surface area contributed by atoms with E-state index in [-0.39, 0.29) is 24.1 Å². The van der Waals surface area contributed by atoms with Gasteiger partial charge in [-0.2, -0.15) is 5.10 Å². The van der Waals surface area contributed by atoms with E-state index >= 15 is 0 Å². The molecule has 0 aliphatic carbocycles. The average molecular weight is 327 g/mol. The highest BCUT2D eigenvalue weighted by molar-refractivity contribution is 5.76. The van der Waals surface area contributed by atoms with E-state index in [1.54, 1.807) is 19.2 Å². The highest BCUT2D eigenvalue weighted by Crippen LogP contribution is 2.32. The molecular weight excluding hydrogens is 306 g/mol. The lowest BCUT2D eigenvalue weighted by atomic mass is 10.1. The van der Waals surface area contributed by atoms with Crippen molar-refractivity contribution in [1.29, 1.82) is 0 Å². The quantitative estimate of drug-likeness (QED) is 0.917. The van der Waals surface area contributed by atoms with Crippen molar-refractivity contribution in [2.75, 3.05) is 18.9 Å². The van der Waals surface area contributed by atoms with Crippen molar-refractivity contribution in [1.82, 2.24) is 19.7 Å². The van der Waals surface area contributed by atoms with Gasteiger partial charge in [0.1, 0.15) is 12.4 Å². The molecule has 0 bridgehead atoms. The predicted molar refractivity (Wildman–Crippen MR) is 90.7 cm³/mol.